The monoisotopic (exact) mass is 403 g/mol. The van der Waals surface area contributed by atoms with Gasteiger partial charge in [-0.3, -0.25) is 14.4 Å². The molecule has 29 heavy (non-hydrogen) atoms. The molecule has 0 aromatic heterocycles. The van der Waals surface area contributed by atoms with Crippen molar-refractivity contribution in [3.05, 3.63) is 24.3 Å². The summed E-state index contributed by atoms with van der Waals surface area (Å²) in [5, 5.41) is 5.30. The van der Waals surface area contributed by atoms with E-state index in [1.807, 2.05) is 24.3 Å². The molecule has 2 amide bonds. The third-order valence-corrected chi connectivity index (χ3v) is 5.27. The van der Waals surface area contributed by atoms with Gasteiger partial charge in [-0.2, -0.15) is 0 Å². The van der Waals surface area contributed by atoms with Crippen LogP contribution < -0.4 is 15.5 Å². The Morgan fingerprint density at radius 1 is 1.03 bits per heavy atom. The van der Waals surface area contributed by atoms with E-state index in [1.165, 1.54) is 0 Å². The second kappa shape index (κ2) is 10.8. The largest absolute Gasteiger partial charge is 0.454 e. The Morgan fingerprint density at radius 3 is 2.41 bits per heavy atom. The number of benzene rings is 1. The van der Waals surface area contributed by atoms with Crippen molar-refractivity contribution < 1.29 is 23.9 Å². The van der Waals surface area contributed by atoms with Gasteiger partial charge in [-0.25, -0.2) is 0 Å². The van der Waals surface area contributed by atoms with Crippen LogP contribution in [-0.2, 0) is 23.9 Å². The third-order valence-electron chi connectivity index (χ3n) is 5.27. The molecule has 0 unspecified atom stereocenters. The quantitative estimate of drug-likeness (QED) is 0.673. The van der Waals surface area contributed by atoms with Gasteiger partial charge in [0.2, 0.25) is 5.91 Å². The van der Waals surface area contributed by atoms with Crippen LogP contribution in [0, 0.1) is 5.92 Å². The van der Waals surface area contributed by atoms with Gasteiger partial charge in [-0.1, -0.05) is 19.3 Å². The van der Waals surface area contributed by atoms with E-state index in [0.717, 1.165) is 50.9 Å². The number of esters is 1. The van der Waals surface area contributed by atoms with Crippen molar-refractivity contribution in [2.45, 2.75) is 32.1 Å². The fraction of sp³-hybridized carbons (Fsp3) is 0.571. The molecule has 3 rings (SSSR count). The van der Waals surface area contributed by atoms with Crippen molar-refractivity contribution in [3.8, 4) is 0 Å². The first-order valence-electron chi connectivity index (χ1n) is 10.3. The van der Waals surface area contributed by atoms with Crippen LogP contribution in [0.15, 0.2) is 24.3 Å². The van der Waals surface area contributed by atoms with Gasteiger partial charge >= 0.3 is 5.97 Å². The fourth-order valence-corrected chi connectivity index (χ4v) is 3.64. The molecule has 2 fully saturated rings. The van der Waals surface area contributed by atoms with Crippen LogP contribution >= 0.6 is 0 Å². The molecule has 1 heterocycles. The maximum absolute atomic E-state index is 12.0. The second-order valence-corrected chi connectivity index (χ2v) is 7.41. The van der Waals surface area contributed by atoms with Gasteiger partial charge in [0.05, 0.1) is 13.2 Å². The summed E-state index contributed by atoms with van der Waals surface area (Å²) in [4.78, 5) is 38.0. The van der Waals surface area contributed by atoms with E-state index in [1.54, 1.807) is 0 Å². The Kier molecular flexibility index (Phi) is 7.86. The first-order valence-corrected chi connectivity index (χ1v) is 10.3. The molecule has 0 bridgehead atoms. The Bertz CT molecular complexity index is 695. The Labute approximate surface area is 170 Å². The zero-order valence-electron chi connectivity index (χ0n) is 16.7. The van der Waals surface area contributed by atoms with E-state index in [-0.39, 0.29) is 25.0 Å². The molecule has 1 aromatic carbocycles. The van der Waals surface area contributed by atoms with Crippen LogP contribution in [0.2, 0.25) is 0 Å². The predicted octanol–water partition coefficient (Wildman–Crippen LogP) is 1.70. The van der Waals surface area contributed by atoms with Gasteiger partial charge in [-0.15, -0.1) is 0 Å². The summed E-state index contributed by atoms with van der Waals surface area (Å²) in [5.74, 6) is -1.16. The molecule has 0 spiro atoms. The van der Waals surface area contributed by atoms with Crippen LogP contribution in [0.4, 0.5) is 11.4 Å². The van der Waals surface area contributed by atoms with Crippen molar-refractivity contribution in [1.29, 1.82) is 0 Å². The van der Waals surface area contributed by atoms with Gasteiger partial charge in [0.25, 0.3) is 5.91 Å². The van der Waals surface area contributed by atoms with Gasteiger partial charge in [0.1, 0.15) is 6.54 Å². The minimum atomic E-state index is -0.619. The SMILES string of the molecule is O=C(COC(=O)CNC(=O)C1CCCCC1)Nc1ccc(N2CCOCC2)cc1. The molecular formula is C21H29N3O5. The van der Waals surface area contributed by atoms with E-state index >= 15 is 0 Å². The number of hydrogen-bond donors (Lipinski definition) is 2. The number of carbonyl (C=O) groups is 3. The number of hydrogen-bond acceptors (Lipinski definition) is 6. The molecule has 8 nitrogen and oxygen atoms in total. The van der Waals surface area contributed by atoms with E-state index in [9.17, 15) is 14.4 Å². The van der Waals surface area contributed by atoms with Gasteiger partial charge in [-0.05, 0) is 37.1 Å². The average molecular weight is 403 g/mol. The highest BCUT2D eigenvalue weighted by Gasteiger charge is 2.21. The predicted molar refractivity (Wildman–Crippen MR) is 109 cm³/mol. The van der Waals surface area contributed by atoms with Crippen molar-refractivity contribution in [3.63, 3.8) is 0 Å². The zero-order valence-corrected chi connectivity index (χ0v) is 16.7. The maximum atomic E-state index is 12.0. The number of nitrogens with zero attached hydrogens (tertiary/aromatic N) is 1. The standard InChI is InChI=1S/C21H29N3O5/c25-19(15-29-20(26)14-22-21(27)16-4-2-1-3-5-16)23-17-6-8-18(9-7-17)24-10-12-28-13-11-24/h6-9,16H,1-5,10-15H2,(H,22,27)(H,23,25). The Hall–Kier alpha value is -2.61. The Morgan fingerprint density at radius 2 is 1.72 bits per heavy atom. The smallest absolute Gasteiger partial charge is 0.325 e. The summed E-state index contributed by atoms with van der Waals surface area (Å²) in [6, 6.07) is 7.51. The van der Waals surface area contributed by atoms with Crippen molar-refractivity contribution in [2.75, 3.05) is 49.7 Å². The Balaban J connectivity index is 1.34. The summed E-state index contributed by atoms with van der Waals surface area (Å²) in [6.07, 6.45) is 5.00. The van der Waals surface area contributed by atoms with Gasteiger partial charge in [0.15, 0.2) is 6.61 Å². The molecule has 8 heteroatoms. The lowest BCUT2D eigenvalue weighted by Crippen LogP contribution is -2.36. The molecule has 2 N–H and O–H groups in total. The lowest BCUT2D eigenvalue weighted by atomic mass is 9.89. The molecule has 1 aliphatic heterocycles. The molecule has 2 aliphatic rings. The summed E-state index contributed by atoms with van der Waals surface area (Å²) in [7, 11) is 0. The first kappa shape index (κ1) is 21.1. The molecule has 1 aromatic rings. The summed E-state index contributed by atoms with van der Waals surface area (Å²) in [6.45, 7) is 2.52. The highest BCUT2D eigenvalue weighted by molar-refractivity contribution is 5.93. The van der Waals surface area contributed by atoms with Crippen LogP contribution in [0.5, 0.6) is 0 Å². The van der Waals surface area contributed by atoms with E-state index in [4.69, 9.17) is 9.47 Å². The lowest BCUT2D eigenvalue weighted by Gasteiger charge is -2.28. The summed E-state index contributed by atoms with van der Waals surface area (Å²) >= 11 is 0. The summed E-state index contributed by atoms with van der Waals surface area (Å²) in [5.41, 5.74) is 1.71. The van der Waals surface area contributed by atoms with E-state index < -0.39 is 11.9 Å². The highest BCUT2D eigenvalue weighted by Crippen LogP contribution is 2.23. The third kappa shape index (κ3) is 6.74. The lowest BCUT2D eigenvalue weighted by molar-refractivity contribution is -0.147. The molecule has 1 saturated carbocycles. The minimum Gasteiger partial charge on any atom is -0.454 e. The van der Waals surface area contributed by atoms with Crippen LogP contribution in [0.25, 0.3) is 0 Å². The van der Waals surface area contributed by atoms with Crippen molar-refractivity contribution in [1.82, 2.24) is 5.32 Å². The van der Waals surface area contributed by atoms with Crippen molar-refractivity contribution >= 4 is 29.2 Å². The topological polar surface area (TPSA) is 97.0 Å². The van der Waals surface area contributed by atoms with Crippen molar-refractivity contribution in [2.24, 2.45) is 5.92 Å². The molecule has 1 saturated heterocycles. The number of ether oxygens (including phenoxy) is 2. The second-order valence-electron chi connectivity index (χ2n) is 7.41. The number of morpholine rings is 1. The molecule has 0 atom stereocenters. The first-order chi connectivity index (χ1) is 14.1. The minimum absolute atomic E-state index is 0.0136. The van der Waals surface area contributed by atoms with Gasteiger partial charge in [0, 0.05) is 30.4 Å². The molecule has 158 valence electrons. The summed E-state index contributed by atoms with van der Waals surface area (Å²) < 4.78 is 10.3. The number of rotatable bonds is 7. The molecular weight excluding hydrogens is 374 g/mol. The average Bonchev–Trinajstić information content (AvgIpc) is 2.78. The number of carbonyl (C=O) groups excluding carboxylic acids is 3. The molecule has 0 radical (unpaired) electrons. The van der Waals surface area contributed by atoms with E-state index in [0.29, 0.717) is 18.9 Å². The highest BCUT2D eigenvalue weighted by atomic mass is 16.5. The number of amides is 2. The fourth-order valence-electron chi connectivity index (χ4n) is 3.64. The number of anilines is 2. The number of nitrogens with one attached hydrogen (secondary N) is 2. The van der Waals surface area contributed by atoms with Gasteiger partial charge < -0.3 is 25.0 Å². The van der Waals surface area contributed by atoms with Crippen LogP contribution in [0.1, 0.15) is 32.1 Å². The normalized spacial score (nSPS) is 17.4. The maximum Gasteiger partial charge on any atom is 0.325 e. The van der Waals surface area contributed by atoms with Crippen LogP contribution in [0.3, 0.4) is 0 Å². The van der Waals surface area contributed by atoms with Crippen LogP contribution in [-0.4, -0.2) is 57.2 Å². The zero-order chi connectivity index (χ0) is 20.5. The molecule has 1 aliphatic carbocycles. The van der Waals surface area contributed by atoms with E-state index in [2.05, 4.69) is 15.5 Å².